The first kappa shape index (κ1) is 25.9. The van der Waals surface area contributed by atoms with Crippen LogP contribution < -0.4 is 5.32 Å². The van der Waals surface area contributed by atoms with Crippen molar-refractivity contribution in [3.63, 3.8) is 0 Å². The average molecular weight is 501 g/mol. The van der Waals surface area contributed by atoms with Crippen LogP contribution in [0.25, 0.3) is 0 Å². The minimum absolute atomic E-state index is 0.106. The molecule has 1 aliphatic rings. The van der Waals surface area contributed by atoms with Gasteiger partial charge in [0.1, 0.15) is 23.3 Å². The van der Waals surface area contributed by atoms with Crippen LogP contribution in [0.3, 0.4) is 0 Å². The average Bonchev–Trinajstić information content (AvgIpc) is 3.26. The standard InChI is InChI=1S/C28H28F4N2O2/c1-2-28(18-3-7-20(29)8-4-18,19-5-9-21(30)10-6-19)27(36)33-26(17-34-14-13-23(35)16-34)24-12-11-22(31)15-25(24)32/h3-12,15,23,26,35H,2,13-14,16-17H2,1H3,(H,33,36)/t23?,26-/m1/s1. The quantitative estimate of drug-likeness (QED) is 0.435. The first-order valence-corrected chi connectivity index (χ1v) is 11.9. The third-order valence-electron chi connectivity index (χ3n) is 6.92. The van der Waals surface area contributed by atoms with Gasteiger partial charge >= 0.3 is 0 Å². The van der Waals surface area contributed by atoms with E-state index in [1.807, 2.05) is 4.90 Å². The van der Waals surface area contributed by atoms with Crippen LogP contribution in [0.4, 0.5) is 17.6 Å². The molecule has 0 bridgehead atoms. The van der Waals surface area contributed by atoms with Crippen molar-refractivity contribution in [3.8, 4) is 0 Å². The van der Waals surface area contributed by atoms with Gasteiger partial charge in [-0.15, -0.1) is 0 Å². The van der Waals surface area contributed by atoms with Gasteiger partial charge in [-0.2, -0.15) is 0 Å². The summed E-state index contributed by atoms with van der Waals surface area (Å²) in [6.07, 6.45) is 0.279. The summed E-state index contributed by atoms with van der Waals surface area (Å²) >= 11 is 0. The third kappa shape index (κ3) is 5.29. The molecule has 1 saturated heterocycles. The number of carbonyl (C=O) groups is 1. The number of hydrogen-bond donors (Lipinski definition) is 2. The highest BCUT2D eigenvalue weighted by Crippen LogP contribution is 2.37. The van der Waals surface area contributed by atoms with Gasteiger partial charge in [0.15, 0.2) is 0 Å². The van der Waals surface area contributed by atoms with Crippen molar-refractivity contribution < 1.29 is 27.5 Å². The third-order valence-corrected chi connectivity index (χ3v) is 6.92. The maximum atomic E-state index is 14.9. The van der Waals surface area contributed by atoms with E-state index in [0.29, 0.717) is 30.6 Å². The fraction of sp³-hybridized carbons (Fsp3) is 0.321. The Morgan fingerprint density at radius 3 is 2.00 bits per heavy atom. The summed E-state index contributed by atoms with van der Waals surface area (Å²) in [5.41, 5.74) is -0.244. The molecule has 8 heteroatoms. The number of benzene rings is 3. The highest BCUT2D eigenvalue weighted by atomic mass is 19.1. The molecule has 1 aliphatic heterocycles. The molecule has 3 aromatic rings. The Hall–Kier alpha value is -3.23. The molecule has 2 N–H and O–H groups in total. The number of β-amino-alcohol motifs (C(OH)–C–C–N with tert-alkyl or cyclic N) is 1. The van der Waals surface area contributed by atoms with E-state index < -0.39 is 46.7 Å². The topological polar surface area (TPSA) is 52.6 Å². The maximum absolute atomic E-state index is 14.9. The minimum Gasteiger partial charge on any atom is -0.392 e. The number of aliphatic hydroxyl groups excluding tert-OH is 1. The predicted molar refractivity (Wildman–Crippen MR) is 128 cm³/mol. The van der Waals surface area contributed by atoms with Crippen LogP contribution >= 0.6 is 0 Å². The molecular weight excluding hydrogens is 472 g/mol. The van der Waals surface area contributed by atoms with Crippen LogP contribution in [-0.4, -0.2) is 41.7 Å². The number of hydrogen-bond acceptors (Lipinski definition) is 3. The maximum Gasteiger partial charge on any atom is 0.235 e. The number of rotatable bonds is 8. The summed E-state index contributed by atoms with van der Waals surface area (Å²) in [7, 11) is 0. The summed E-state index contributed by atoms with van der Waals surface area (Å²) in [4.78, 5) is 16.0. The Kier molecular flexibility index (Phi) is 7.76. The van der Waals surface area contributed by atoms with Crippen LogP contribution in [0.5, 0.6) is 0 Å². The molecule has 0 radical (unpaired) electrons. The fourth-order valence-electron chi connectivity index (χ4n) is 4.99. The second kappa shape index (κ2) is 10.8. The van der Waals surface area contributed by atoms with Gasteiger partial charge in [-0.3, -0.25) is 9.69 Å². The van der Waals surface area contributed by atoms with Crippen molar-refractivity contribution in [1.82, 2.24) is 10.2 Å². The van der Waals surface area contributed by atoms with E-state index in [2.05, 4.69) is 5.32 Å². The highest BCUT2D eigenvalue weighted by molar-refractivity contribution is 5.92. The van der Waals surface area contributed by atoms with Crippen LogP contribution in [0.1, 0.15) is 42.5 Å². The van der Waals surface area contributed by atoms with Crippen molar-refractivity contribution in [1.29, 1.82) is 0 Å². The number of halogens is 4. The van der Waals surface area contributed by atoms with Gasteiger partial charge in [0.05, 0.1) is 17.6 Å². The zero-order chi connectivity index (χ0) is 25.9. The molecule has 0 aliphatic carbocycles. The van der Waals surface area contributed by atoms with Gasteiger partial charge in [-0.05, 0) is 54.3 Å². The molecule has 36 heavy (non-hydrogen) atoms. The lowest BCUT2D eigenvalue weighted by Crippen LogP contribution is -2.48. The van der Waals surface area contributed by atoms with Crippen molar-refractivity contribution in [3.05, 3.63) is 107 Å². The van der Waals surface area contributed by atoms with Gasteiger partial charge in [0, 0.05) is 31.3 Å². The van der Waals surface area contributed by atoms with Crippen molar-refractivity contribution in [2.24, 2.45) is 0 Å². The molecule has 1 unspecified atom stereocenters. The highest BCUT2D eigenvalue weighted by Gasteiger charge is 2.42. The van der Waals surface area contributed by atoms with Gasteiger partial charge in [-0.1, -0.05) is 37.3 Å². The van der Waals surface area contributed by atoms with E-state index in [-0.39, 0.29) is 18.5 Å². The molecule has 190 valence electrons. The lowest BCUT2D eigenvalue weighted by atomic mass is 9.71. The second-order valence-electron chi connectivity index (χ2n) is 9.17. The van der Waals surface area contributed by atoms with Gasteiger partial charge in [0.25, 0.3) is 0 Å². The molecular formula is C28H28F4N2O2. The Balaban J connectivity index is 1.76. The summed E-state index contributed by atoms with van der Waals surface area (Å²) in [5.74, 6) is -2.97. The lowest BCUT2D eigenvalue weighted by Gasteiger charge is -2.35. The van der Waals surface area contributed by atoms with Gasteiger partial charge < -0.3 is 10.4 Å². The Bertz CT molecular complexity index is 1160. The van der Waals surface area contributed by atoms with E-state index in [1.165, 1.54) is 54.6 Å². The number of nitrogens with one attached hydrogen (secondary N) is 1. The first-order valence-electron chi connectivity index (χ1n) is 11.9. The molecule has 4 nitrogen and oxygen atoms in total. The zero-order valence-corrected chi connectivity index (χ0v) is 19.9. The number of likely N-dealkylation sites (tertiary alicyclic amines) is 1. The number of nitrogens with zero attached hydrogens (tertiary/aromatic N) is 1. The van der Waals surface area contributed by atoms with Crippen LogP contribution in [0, 0.1) is 23.3 Å². The fourth-order valence-corrected chi connectivity index (χ4v) is 4.99. The van der Waals surface area contributed by atoms with Gasteiger partial charge in [-0.25, -0.2) is 17.6 Å². The summed E-state index contributed by atoms with van der Waals surface area (Å²) < 4.78 is 56.0. The predicted octanol–water partition coefficient (Wildman–Crippen LogP) is 4.86. The minimum atomic E-state index is -1.33. The van der Waals surface area contributed by atoms with Crippen molar-refractivity contribution in [2.75, 3.05) is 19.6 Å². The van der Waals surface area contributed by atoms with E-state index in [9.17, 15) is 27.5 Å². The van der Waals surface area contributed by atoms with Gasteiger partial charge in [0.2, 0.25) is 5.91 Å². The number of aliphatic hydroxyl groups is 1. The van der Waals surface area contributed by atoms with Crippen molar-refractivity contribution >= 4 is 5.91 Å². The van der Waals surface area contributed by atoms with Crippen LogP contribution in [0.2, 0.25) is 0 Å². The van der Waals surface area contributed by atoms with E-state index >= 15 is 0 Å². The smallest absolute Gasteiger partial charge is 0.235 e. The SMILES string of the molecule is CCC(C(=O)N[C@H](CN1CCC(O)C1)c1ccc(F)cc1F)(c1ccc(F)cc1)c1ccc(F)cc1. The van der Waals surface area contributed by atoms with Crippen LogP contribution in [0.15, 0.2) is 66.7 Å². The molecule has 4 rings (SSSR count). The van der Waals surface area contributed by atoms with E-state index in [1.54, 1.807) is 6.92 Å². The molecule has 3 aromatic carbocycles. The largest absolute Gasteiger partial charge is 0.392 e. The lowest BCUT2D eigenvalue weighted by molar-refractivity contribution is -0.126. The number of amides is 1. The molecule has 1 fully saturated rings. The second-order valence-corrected chi connectivity index (χ2v) is 9.17. The van der Waals surface area contributed by atoms with E-state index in [0.717, 1.165) is 12.1 Å². The molecule has 0 spiro atoms. The Morgan fingerprint density at radius 1 is 0.972 bits per heavy atom. The van der Waals surface area contributed by atoms with E-state index in [4.69, 9.17) is 0 Å². The monoisotopic (exact) mass is 500 g/mol. The normalized spacial score (nSPS) is 17.2. The summed E-state index contributed by atoms with van der Waals surface area (Å²) in [5, 5.41) is 12.9. The zero-order valence-electron chi connectivity index (χ0n) is 19.9. The summed E-state index contributed by atoms with van der Waals surface area (Å²) in [6.45, 7) is 2.91. The van der Waals surface area contributed by atoms with Crippen LogP contribution in [-0.2, 0) is 10.2 Å². The first-order chi connectivity index (χ1) is 17.2. The molecule has 1 amide bonds. The summed E-state index contributed by atoms with van der Waals surface area (Å²) in [6, 6.07) is 13.3. The molecule has 0 saturated carbocycles. The Morgan fingerprint density at radius 2 is 1.53 bits per heavy atom. The molecule has 2 atom stereocenters. The van der Waals surface area contributed by atoms with Crippen molar-refractivity contribution in [2.45, 2.75) is 37.3 Å². The molecule has 1 heterocycles. The molecule has 0 aromatic heterocycles. The number of carbonyl (C=O) groups excluding carboxylic acids is 1. The Labute approximate surface area is 207 Å².